The van der Waals surface area contributed by atoms with Gasteiger partial charge in [-0.15, -0.1) is 0 Å². The van der Waals surface area contributed by atoms with E-state index in [4.69, 9.17) is 9.79 Å². The van der Waals surface area contributed by atoms with Crippen molar-refractivity contribution in [3.8, 4) is 0 Å². The summed E-state index contributed by atoms with van der Waals surface area (Å²) in [5, 5.41) is 0. The summed E-state index contributed by atoms with van der Waals surface area (Å²) >= 11 is -0.809. The van der Waals surface area contributed by atoms with Gasteiger partial charge in [0.15, 0.2) is 0 Å². The Hall–Kier alpha value is 0.542. The predicted molar refractivity (Wildman–Crippen MR) is 25.5 cm³/mol. The first-order chi connectivity index (χ1) is 3.25. The minimum atomic E-state index is -5.12. The molecule has 0 aliphatic rings. The normalized spacial score (nSPS) is 14.0. The van der Waals surface area contributed by atoms with Crippen LogP contribution < -0.4 is 0 Å². The summed E-state index contributed by atoms with van der Waals surface area (Å²) in [6, 6.07) is 0. The van der Waals surface area contributed by atoms with E-state index >= 15 is 0 Å². The van der Waals surface area contributed by atoms with E-state index in [0.29, 0.717) is 0 Å². The molecule has 0 heterocycles. The lowest BCUT2D eigenvalue weighted by Crippen LogP contribution is -2.14. The van der Waals surface area contributed by atoms with E-state index in [1.807, 2.05) is 0 Å². The number of halogens is 2. The number of hydrogen-bond acceptors (Lipinski definition) is 1. The van der Waals surface area contributed by atoms with E-state index in [0.717, 1.165) is 0 Å². The summed E-state index contributed by atoms with van der Waals surface area (Å²) in [5.41, 5.74) is 0. The maximum atomic E-state index is 11.5. The monoisotopic (exact) mass is 160 g/mol. The molecule has 0 spiro atoms. The highest BCUT2D eigenvalue weighted by Crippen LogP contribution is 2.50. The van der Waals surface area contributed by atoms with Gasteiger partial charge < -0.3 is 9.79 Å². The van der Waals surface area contributed by atoms with Gasteiger partial charge in [-0.3, -0.25) is 4.57 Å². The van der Waals surface area contributed by atoms with Crippen molar-refractivity contribution in [1.29, 1.82) is 0 Å². The first kappa shape index (κ1) is 8.54. The first-order valence-electron chi connectivity index (χ1n) is 1.68. The Kier molecular flexibility index (Phi) is 2.19. The molecule has 3 nitrogen and oxygen atoms in total. The van der Waals surface area contributed by atoms with Crippen molar-refractivity contribution in [1.82, 2.24) is 0 Å². The number of rotatable bonds is 1. The van der Waals surface area contributed by atoms with E-state index in [9.17, 15) is 13.3 Å². The molecular formula is CH4AlF2O3P. The van der Waals surface area contributed by atoms with Crippen molar-refractivity contribution >= 4 is 23.9 Å². The van der Waals surface area contributed by atoms with Crippen LogP contribution in [0.5, 0.6) is 0 Å². The molecule has 0 fully saturated rings. The van der Waals surface area contributed by atoms with Crippen LogP contribution in [0.1, 0.15) is 0 Å². The zero-order valence-electron chi connectivity index (χ0n) is 4.01. The highest BCUT2D eigenvalue weighted by Gasteiger charge is 2.41. The number of hydrogen-bond donors (Lipinski definition) is 2. The minimum Gasteiger partial charge on any atom is -0.321 e. The van der Waals surface area contributed by atoms with Gasteiger partial charge in [0.25, 0.3) is 4.53 Å². The van der Waals surface area contributed by atoms with E-state index in [2.05, 4.69) is 0 Å². The van der Waals surface area contributed by atoms with Gasteiger partial charge in [-0.1, -0.05) is 0 Å². The molecule has 48 valence electrons. The van der Waals surface area contributed by atoms with Gasteiger partial charge in [0.1, 0.15) is 0 Å². The Morgan fingerprint density at radius 3 is 1.62 bits per heavy atom. The maximum Gasteiger partial charge on any atom is 0.375 e. The Bertz CT molecular complexity index is 124. The molecule has 0 aromatic rings. The molecule has 8 heavy (non-hydrogen) atoms. The Morgan fingerprint density at radius 1 is 1.50 bits per heavy atom. The lowest BCUT2D eigenvalue weighted by Gasteiger charge is -2.11. The Morgan fingerprint density at radius 2 is 1.62 bits per heavy atom. The molecule has 0 aromatic heterocycles. The van der Waals surface area contributed by atoms with E-state index in [1.165, 1.54) is 0 Å². The molecular weight excluding hydrogens is 156 g/mol. The third-order valence-electron chi connectivity index (χ3n) is 0.511. The average molecular weight is 160 g/mol. The standard InChI is InChI=1S/CH2F2O3P.Al.2H/c2-1(3)7(4,5)6;;;/h(H2,4,5,6);;;. The first-order valence-corrected chi connectivity index (χ1v) is 4.30. The lowest BCUT2D eigenvalue weighted by atomic mass is 11.6. The molecule has 0 aromatic carbocycles. The van der Waals surface area contributed by atoms with Crippen LogP contribution in [-0.4, -0.2) is 30.6 Å². The van der Waals surface area contributed by atoms with Crippen LogP contribution >= 0.6 is 7.60 Å². The fourth-order valence-electron chi connectivity index (χ4n) is 0. The van der Waals surface area contributed by atoms with Crippen molar-refractivity contribution in [3.05, 3.63) is 0 Å². The summed E-state index contributed by atoms with van der Waals surface area (Å²) < 4.78 is 28.9. The summed E-state index contributed by atoms with van der Waals surface area (Å²) in [6.07, 6.45) is 0. The van der Waals surface area contributed by atoms with Crippen molar-refractivity contribution in [2.75, 3.05) is 0 Å². The average Bonchev–Trinajstić information content (AvgIpc) is 1.25. The van der Waals surface area contributed by atoms with Crippen molar-refractivity contribution < 1.29 is 23.1 Å². The van der Waals surface area contributed by atoms with Crippen molar-refractivity contribution in [3.63, 3.8) is 0 Å². The molecule has 0 atom stereocenters. The molecule has 0 saturated carbocycles. The minimum absolute atomic E-state index is 0.809. The second-order valence-electron chi connectivity index (χ2n) is 1.39. The van der Waals surface area contributed by atoms with Gasteiger partial charge in [0.2, 0.25) is 0 Å². The van der Waals surface area contributed by atoms with Crippen molar-refractivity contribution in [2.45, 2.75) is 4.53 Å². The fraction of sp³-hybridized carbons (Fsp3) is 1.00. The molecule has 0 aliphatic carbocycles. The van der Waals surface area contributed by atoms with Crippen LogP contribution in [0.15, 0.2) is 0 Å². The third kappa shape index (κ3) is 2.21. The van der Waals surface area contributed by atoms with Crippen molar-refractivity contribution in [2.24, 2.45) is 0 Å². The smallest absolute Gasteiger partial charge is 0.321 e. The molecule has 0 bridgehead atoms. The molecule has 0 rings (SSSR count). The topological polar surface area (TPSA) is 57.5 Å². The molecule has 7 heteroatoms. The molecule has 0 saturated heterocycles. The highest BCUT2D eigenvalue weighted by molar-refractivity contribution is 7.54. The van der Waals surface area contributed by atoms with Crippen LogP contribution in [0, 0.1) is 0 Å². The Labute approximate surface area is 52.3 Å². The SMILES string of the molecule is O=P(O)(O)[C](F)(F)[AlH2]. The van der Waals surface area contributed by atoms with Crippen LogP contribution in [-0.2, 0) is 4.57 Å². The van der Waals surface area contributed by atoms with E-state index in [1.54, 1.807) is 0 Å². The molecule has 0 aliphatic heterocycles. The van der Waals surface area contributed by atoms with Gasteiger partial charge in [0.05, 0.1) is 0 Å². The number of alkyl halides is 2. The van der Waals surface area contributed by atoms with Crippen LogP contribution in [0.25, 0.3) is 0 Å². The van der Waals surface area contributed by atoms with Crippen LogP contribution in [0.2, 0.25) is 0 Å². The second kappa shape index (κ2) is 2.05. The molecule has 2 N–H and O–H groups in total. The zero-order chi connectivity index (χ0) is 7.00. The van der Waals surface area contributed by atoms with Gasteiger partial charge >= 0.3 is 23.9 Å². The summed E-state index contributed by atoms with van der Waals surface area (Å²) in [7, 11) is -5.12. The quantitative estimate of drug-likeness (QED) is 0.395. The van der Waals surface area contributed by atoms with E-state index in [-0.39, 0.29) is 0 Å². The lowest BCUT2D eigenvalue weighted by molar-refractivity contribution is 0.142. The molecule has 0 amide bonds. The van der Waals surface area contributed by atoms with Gasteiger partial charge in [-0.2, -0.15) is 0 Å². The Balaban J connectivity index is 4.26. The summed E-state index contributed by atoms with van der Waals surface area (Å²) in [4.78, 5) is 15.5. The van der Waals surface area contributed by atoms with Crippen LogP contribution in [0.3, 0.4) is 0 Å². The van der Waals surface area contributed by atoms with Gasteiger partial charge in [-0.05, 0) is 0 Å². The maximum absolute atomic E-state index is 11.5. The summed E-state index contributed by atoms with van der Waals surface area (Å²) in [6.45, 7) is 0. The summed E-state index contributed by atoms with van der Waals surface area (Å²) in [5.74, 6) is 0. The highest BCUT2D eigenvalue weighted by atomic mass is 31.2. The molecule has 0 unspecified atom stereocenters. The largest absolute Gasteiger partial charge is 0.375 e. The van der Waals surface area contributed by atoms with Gasteiger partial charge in [-0.25, -0.2) is 8.78 Å². The molecule has 0 radical (unpaired) electrons. The predicted octanol–water partition coefficient (Wildman–Crippen LogP) is -0.653. The van der Waals surface area contributed by atoms with E-state index < -0.39 is 28.4 Å². The second-order valence-corrected chi connectivity index (χ2v) is 5.36. The third-order valence-corrected chi connectivity index (χ3v) is 3.28. The fourth-order valence-corrected chi connectivity index (χ4v) is 0. The zero-order valence-corrected chi connectivity index (χ0v) is 6.90. The van der Waals surface area contributed by atoms with Gasteiger partial charge in [0, 0.05) is 0 Å². The van der Waals surface area contributed by atoms with Crippen LogP contribution in [0.4, 0.5) is 8.78 Å².